The number of benzene rings is 2. The minimum Gasteiger partial charge on any atom is -0.344 e. The third-order valence-corrected chi connectivity index (χ3v) is 6.63. The van der Waals surface area contributed by atoms with Gasteiger partial charge in [-0.1, -0.05) is 69.6 Å². The van der Waals surface area contributed by atoms with Crippen LogP contribution in [0.25, 0.3) is 0 Å². The Balaban J connectivity index is 1.97. The first-order chi connectivity index (χ1) is 16.1. The van der Waals surface area contributed by atoms with Crippen molar-refractivity contribution in [2.75, 3.05) is 11.9 Å². The van der Waals surface area contributed by atoms with Crippen molar-refractivity contribution in [1.29, 1.82) is 0 Å². The van der Waals surface area contributed by atoms with Gasteiger partial charge in [0.2, 0.25) is 11.8 Å². The predicted octanol–water partition coefficient (Wildman–Crippen LogP) is 4.73. The molecule has 182 valence electrons. The quantitative estimate of drug-likeness (QED) is 0.592. The van der Waals surface area contributed by atoms with Crippen molar-refractivity contribution < 1.29 is 18.8 Å². The van der Waals surface area contributed by atoms with E-state index in [2.05, 4.69) is 10.6 Å². The standard InChI is InChI=1S/C26H31ClFN3O3/c1-5-16(4)24(32)29-21(15(2)3)26(34)31-14-13-17-9-6-7-10-18(17)23(31)25(33)30-22-19(27)11-8-12-20(22)28/h6-12,15-16,21,23H,5,13-14H2,1-4H3,(H,29,32)(H,30,33)/t16-,21+,23+/m1/s1. The molecule has 2 aromatic carbocycles. The van der Waals surface area contributed by atoms with E-state index >= 15 is 0 Å². The Labute approximate surface area is 204 Å². The fourth-order valence-electron chi connectivity index (χ4n) is 4.07. The van der Waals surface area contributed by atoms with Crippen LogP contribution in [-0.2, 0) is 20.8 Å². The maximum Gasteiger partial charge on any atom is 0.251 e. The van der Waals surface area contributed by atoms with Crippen molar-refractivity contribution in [2.24, 2.45) is 11.8 Å². The van der Waals surface area contributed by atoms with Gasteiger partial charge in [0.25, 0.3) is 5.91 Å². The van der Waals surface area contributed by atoms with Crippen LogP contribution >= 0.6 is 11.6 Å². The van der Waals surface area contributed by atoms with E-state index in [0.29, 0.717) is 24.9 Å². The zero-order valence-electron chi connectivity index (χ0n) is 19.9. The number of hydrogen-bond acceptors (Lipinski definition) is 3. The van der Waals surface area contributed by atoms with E-state index in [-0.39, 0.29) is 34.4 Å². The van der Waals surface area contributed by atoms with Gasteiger partial charge in [0, 0.05) is 12.5 Å². The predicted molar refractivity (Wildman–Crippen MR) is 131 cm³/mol. The zero-order valence-corrected chi connectivity index (χ0v) is 20.7. The van der Waals surface area contributed by atoms with Crippen LogP contribution in [-0.4, -0.2) is 35.2 Å². The first-order valence-corrected chi connectivity index (χ1v) is 12.0. The molecule has 34 heavy (non-hydrogen) atoms. The lowest BCUT2D eigenvalue weighted by atomic mass is 9.90. The molecule has 0 aliphatic carbocycles. The Hall–Kier alpha value is -2.93. The Kier molecular flexibility index (Phi) is 8.31. The van der Waals surface area contributed by atoms with E-state index in [1.54, 1.807) is 12.1 Å². The maximum absolute atomic E-state index is 14.4. The van der Waals surface area contributed by atoms with Gasteiger partial charge in [-0.05, 0) is 42.0 Å². The molecule has 0 bridgehead atoms. The number of fused-ring (bicyclic) bond motifs is 1. The monoisotopic (exact) mass is 487 g/mol. The zero-order chi connectivity index (χ0) is 25.0. The van der Waals surface area contributed by atoms with E-state index in [1.165, 1.54) is 23.1 Å². The van der Waals surface area contributed by atoms with Crippen molar-refractivity contribution in [3.8, 4) is 0 Å². The third-order valence-electron chi connectivity index (χ3n) is 6.32. The minimum atomic E-state index is -0.991. The lowest BCUT2D eigenvalue weighted by molar-refractivity contribution is -0.144. The lowest BCUT2D eigenvalue weighted by Gasteiger charge is -2.39. The molecule has 1 heterocycles. The molecule has 2 aromatic rings. The number of nitrogens with one attached hydrogen (secondary N) is 2. The SMILES string of the molecule is CC[C@@H](C)C(=O)N[C@H](C(=O)N1CCc2ccccc2[C@H]1C(=O)Nc1c(F)cccc1Cl)C(C)C. The number of rotatable bonds is 7. The molecule has 3 rings (SSSR count). The van der Waals surface area contributed by atoms with Crippen molar-refractivity contribution in [2.45, 2.75) is 52.6 Å². The van der Waals surface area contributed by atoms with Crippen LogP contribution in [0.5, 0.6) is 0 Å². The Bertz CT molecular complexity index is 1050. The smallest absolute Gasteiger partial charge is 0.251 e. The van der Waals surface area contributed by atoms with Gasteiger partial charge < -0.3 is 15.5 Å². The average molecular weight is 488 g/mol. The van der Waals surface area contributed by atoms with E-state index in [4.69, 9.17) is 11.6 Å². The number of carbonyl (C=O) groups is 3. The van der Waals surface area contributed by atoms with Crippen molar-refractivity contribution in [3.63, 3.8) is 0 Å². The van der Waals surface area contributed by atoms with Crippen molar-refractivity contribution in [1.82, 2.24) is 10.2 Å². The summed E-state index contributed by atoms with van der Waals surface area (Å²) in [5.41, 5.74) is 1.48. The van der Waals surface area contributed by atoms with Crippen LogP contribution in [0.15, 0.2) is 42.5 Å². The lowest BCUT2D eigenvalue weighted by Crippen LogP contribution is -2.56. The fourth-order valence-corrected chi connectivity index (χ4v) is 4.28. The Morgan fingerprint density at radius 1 is 1.12 bits per heavy atom. The summed E-state index contributed by atoms with van der Waals surface area (Å²) in [6.45, 7) is 7.72. The minimum absolute atomic E-state index is 0.0659. The molecule has 6 nitrogen and oxygen atoms in total. The van der Waals surface area contributed by atoms with E-state index in [1.807, 2.05) is 39.8 Å². The fraction of sp³-hybridized carbons (Fsp3) is 0.423. The van der Waals surface area contributed by atoms with Crippen LogP contribution in [0.2, 0.25) is 5.02 Å². The summed E-state index contributed by atoms with van der Waals surface area (Å²) in [5.74, 6) is -2.21. The van der Waals surface area contributed by atoms with Crippen molar-refractivity contribution in [3.05, 3.63) is 64.4 Å². The highest BCUT2D eigenvalue weighted by molar-refractivity contribution is 6.33. The highest BCUT2D eigenvalue weighted by Crippen LogP contribution is 2.33. The summed E-state index contributed by atoms with van der Waals surface area (Å²) in [7, 11) is 0. The topological polar surface area (TPSA) is 78.5 Å². The van der Waals surface area contributed by atoms with Gasteiger partial charge >= 0.3 is 0 Å². The van der Waals surface area contributed by atoms with Gasteiger partial charge in [-0.25, -0.2) is 4.39 Å². The van der Waals surface area contributed by atoms with Crippen LogP contribution in [0.3, 0.4) is 0 Å². The highest BCUT2D eigenvalue weighted by atomic mass is 35.5. The summed E-state index contributed by atoms with van der Waals surface area (Å²) < 4.78 is 14.4. The number of anilines is 1. The molecule has 1 aliphatic heterocycles. The molecule has 2 N–H and O–H groups in total. The Morgan fingerprint density at radius 3 is 2.47 bits per heavy atom. The second-order valence-electron chi connectivity index (χ2n) is 9.01. The van der Waals surface area contributed by atoms with Crippen LogP contribution in [0, 0.1) is 17.7 Å². The maximum atomic E-state index is 14.4. The molecule has 1 aliphatic rings. The molecule has 0 aromatic heterocycles. The third kappa shape index (κ3) is 5.41. The molecule has 0 saturated heterocycles. The summed E-state index contributed by atoms with van der Waals surface area (Å²) in [5, 5.41) is 5.52. The molecule has 0 radical (unpaired) electrons. The van der Waals surface area contributed by atoms with Gasteiger partial charge in [-0.2, -0.15) is 0 Å². The van der Waals surface area contributed by atoms with Crippen LogP contribution in [0.4, 0.5) is 10.1 Å². The molecule has 0 spiro atoms. The van der Waals surface area contributed by atoms with Gasteiger partial charge in [0.05, 0.1) is 10.7 Å². The number of hydrogen-bond donors (Lipinski definition) is 2. The number of amides is 3. The second-order valence-corrected chi connectivity index (χ2v) is 9.42. The molecular weight excluding hydrogens is 457 g/mol. The highest BCUT2D eigenvalue weighted by Gasteiger charge is 2.40. The van der Waals surface area contributed by atoms with E-state index in [0.717, 1.165) is 5.56 Å². The van der Waals surface area contributed by atoms with E-state index < -0.39 is 23.8 Å². The first kappa shape index (κ1) is 25.7. The molecule has 0 saturated carbocycles. The van der Waals surface area contributed by atoms with E-state index in [9.17, 15) is 18.8 Å². The summed E-state index contributed by atoms with van der Waals surface area (Å²) in [6, 6.07) is 9.74. The van der Waals surface area contributed by atoms with Gasteiger partial charge in [0.1, 0.15) is 17.9 Å². The molecule has 3 amide bonds. The first-order valence-electron chi connectivity index (χ1n) is 11.6. The number of nitrogens with zero attached hydrogens (tertiary/aromatic N) is 1. The molecule has 0 fully saturated rings. The average Bonchev–Trinajstić information content (AvgIpc) is 2.82. The van der Waals surface area contributed by atoms with Gasteiger partial charge in [-0.3, -0.25) is 14.4 Å². The van der Waals surface area contributed by atoms with Crippen LogP contribution < -0.4 is 10.6 Å². The molecular formula is C26H31ClFN3O3. The molecule has 8 heteroatoms. The summed E-state index contributed by atoms with van der Waals surface area (Å²) in [6.07, 6.45) is 1.21. The van der Waals surface area contributed by atoms with Gasteiger partial charge in [-0.15, -0.1) is 0 Å². The normalized spacial score (nSPS) is 17.0. The Morgan fingerprint density at radius 2 is 1.82 bits per heavy atom. The number of carbonyl (C=O) groups excluding carboxylic acids is 3. The van der Waals surface area contributed by atoms with Gasteiger partial charge in [0.15, 0.2) is 0 Å². The largest absolute Gasteiger partial charge is 0.344 e. The molecule has 0 unspecified atom stereocenters. The van der Waals surface area contributed by atoms with Crippen LogP contribution in [0.1, 0.15) is 51.3 Å². The number of halogens is 2. The second kappa shape index (κ2) is 11.0. The number of para-hydroxylation sites is 1. The molecule has 3 atom stereocenters. The summed E-state index contributed by atoms with van der Waals surface area (Å²) in [4.78, 5) is 41.3. The van der Waals surface area contributed by atoms with Crippen molar-refractivity contribution >= 4 is 35.0 Å². The summed E-state index contributed by atoms with van der Waals surface area (Å²) >= 11 is 6.12.